The van der Waals surface area contributed by atoms with E-state index in [2.05, 4.69) is 20.3 Å². The predicted molar refractivity (Wildman–Crippen MR) is 102 cm³/mol. The normalized spacial score (nSPS) is 20.6. The van der Waals surface area contributed by atoms with Gasteiger partial charge in [-0.05, 0) is 55.2 Å². The van der Waals surface area contributed by atoms with Crippen molar-refractivity contribution in [3.05, 3.63) is 57.7 Å². The smallest absolute Gasteiger partial charge is 0.215 e. The first-order valence-electron chi connectivity index (χ1n) is 8.77. The van der Waals surface area contributed by atoms with Gasteiger partial charge in [-0.15, -0.1) is 0 Å². The Morgan fingerprint density at radius 2 is 1.92 bits per heavy atom. The first-order valence-corrected chi connectivity index (χ1v) is 9.53. The number of rotatable bonds is 4. The van der Waals surface area contributed by atoms with Crippen LogP contribution in [0.15, 0.2) is 30.3 Å². The summed E-state index contributed by atoms with van der Waals surface area (Å²) in [5, 5.41) is 4.90. The van der Waals surface area contributed by atoms with Crippen LogP contribution < -0.4 is 5.32 Å². The van der Waals surface area contributed by atoms with Crippen molar-refractivity contribution in [3.63, 3.8) is 0 Å². The fourth-order valence-electron chi connectivity index (χ4n) is 3.68. The van der Waals surface area contributed by atoms with Crippen LogP contribution in [0, 0.1) is 5.95 Å². The molecule has 136 valence electrons. The first kappa shape index (κ1) is 17.7. The summed E-state index contributed by atoms with van der Waals surface area (Å²) in [5.74, 6) is 0.718. The zero-order chi connectivity index (χ0) is 18.1. The summed E-state index contributed by atoms with van der Waals surface area (Å²) in [6.45, 7) is 0.727. The maximum atomic E-state index is 13.3. The van der Waals surface area contributed by atoms with E-state index in [1.807, 2.05) is 12.1 Å². The van der Waals surface area contributed by atoms with Crippen LogP contribution in [0.2, 0.25) is 10.0 Å². The Kier molecular flexibility index (Phi) is 5.11. The number of pyridine rings is 1. The number of hydrogen-bond acceptors (Lipinski definition) is 3. The van der Waals surface area contributed by atoms with Gasteiger partial charge in [-0.25, -0.2) is 4.98 Å². The zero-order valence-corrected chi connectivity index (χ0v) is 15.6. The Hall–Kier alpha value is -1.69. The van der Waals surface area contributed by atoms with Crippen LogP contribution >= 0.6 is 23.2 Å². The Morgan fingerprint density at radius 1 is 1.12 bits per heavy atom. The van der Waals surface area contributed by atoms with E-state index in [0.29, 0.717) is 27.7 Å². The SMILES string of the molecule is Fc1ccc2[nH]c(C3CCCC(NCc4cc(Cl)cc(Cl)c4)C3)nc2n1. The number of aromatic amines is 1. The van der Waals surface area contributed by atoms with Gasteiger partial charge in [-0.2, -0.15) is 9.37 Å². The van der Waals surface area contributed by atoms with E-state index in [4.69, 9.17) is 23.2 Å². The second-order valence-corrected chi connectivity index (χ2v) is 7.72. The lowest BCUT2D eigenvalue weighted by atomic mass is 9.85. The Labute approximate surface area is 161 Å². The molecule has 0 saturated heterocycles. The van der Waals surface area contributed by atoms with Gasteiger partial charge in [0.2, 0.25) is 5.95 Å². The molecule has 2 heterocycles. The maximum absolute atomic E-state index is 13.3. The van der Waals surface area contributed by atoms with Crippen molar-refractivity contribution in [2.24, 2.45) is 0 Å². The number of hydrogen-bond donors (Lipinski definition) is 2. The lowest BCUT2D eigenvalue weighted by Gasteiger charge is -2.29. The largest absolute Gasteiger partial charge is 0.340 e. The number of aromatic nitrogens is 3. The van der Waals surface area contributed by atoms with E-state index in [-0.39, 0.29) is 0 Å². The topological polar surface area (TPSA) is 53.6 Å². The molecule has 0 aliphatic heterocycles. The molecule has 0 radical (unpaired) electrons. The molecule has 0 spiro atoms. The van der Waals surface area contributed by atoms with Crippen LogP contribution in [-0.2, 0) is 6.54 Å². The van der Waals surface area contributed by atoms with Crippen molar-refractivity contribution in [1.82, 2.24) is 20.3 Å². The van der Waals surface area contributed by atoms with Gasteiger partial charge in [0.05, 0.1) is 5.52 Å². The molecule has 1 saturated carbocycles. The van der Waals surface area contributed by atoms with Crippen LogP contribution in [0.1, 0.15) is 43.0 Å². The van der Waals surface area contributed by atoms with E-state index in [9.17, 15) is 4.39 Å². The van der Waals surface area contributed by atoms with Gasteiger partial charge in [0.15, 0.2) is 5.65 Å². The number of benzene rings is 1. The van der Waals surface area contributed by atoms with Crippen LogP contribution in [-0.4, -0.2) is 21.0 Å². The van der Waals surface area contributed by atoms with E-state index >= 15 is 0 Å². The van der Waals surface area contributed by atoms with Crippen molar-refractivity contribution in [2.75, 3.05) is 0 Å². The lowest BCUT2D eigenvalue weighted by Crippen LogP contribution is -2.33. The molecular formula is C19H19Cl2FN4. The lowest BCUT2D eigenvalue weighted by molar-refractivity contribution is 0.332. The average molecular weight is 393 g/mol. The highest BCUT2D eigenvalue weighted by Crippen LogP contribution is 2.32. The number of imidazole rings is 1. The molecule has 3 aromatic rings. The standard InChI is InChI=1S/C19H19Cl2FN4/c20-13-6-11(7-14(21)9-13)10-23-15-3-1-2-12(8-15)18-24-16-4-5-17(22)25-19(16)26-18/h4-7,9,12,15,23H,1-3,8,10H2,(H,24,25,26). The number of nitrogens with one attached hydrogen (secondary N) is 2. The molecule has 0 amide bonds. The van der Waals surface area contributed by atoms with Gasteiger partial charge in [0, 0.05) is 28.5 Å². The summed E-state index contributed by atoms with van der Waals surface area (Å²) in [6, 6.07) is 9.04. The third kappa shape index (κ3) is 4.00. The van der Waals surface area contributed by atoms with Crippen molar-refractivity contribution < 1.29 is 4.39 Å². The van der Waals surface area contributed by atoms with E-state index in [0.717, 1.165) is 49.1 Å². The zero-order valence-electron chi connectivity index (χ0n) is 14.1. The van der Waals surface area contributed by atoms with Crippen LogP contribution in [0.3, 0.4) is 0 Å². The molecule has 26 heavy (non-hydrogen) atoms. The summed E-state index contributed by atoms with van der Waals surface area (Å²) in [6.07, 6.45) is 4.30. The fraction of sp³-hybridized carbons (Fsp3) is 0.368. The van der Waals surface area contributed by atoms with E-state index < -0.39 is 5.95 Å². The summed E-state index contributed by atoms with van der Waals surface area (Å²) in [4.78, 5) is 11.7. The summed E-state index contributed by atoms with van der Waals surface area (Å²) in [5.41, 5.74) is 2.31. The van der Waals surface area contributed by atoms with Crippen LogP contribution in [0.5, 0.6) is 0 Å². The van der Waals surface area contributed by atoms with Gasteiger partial charge >= 0.3 is 0 Å². The molecule has 4 nitrogen and oxygen atoms in total. The predicted octanol–water partition coefficient (Wildman–Crippen LogP) is 5.22. The monoisotopic (exact) mass is 392 g/mol. The van der Waals surface area contributed by atoms with Gasteiger partial charge in [0.1, 0.15) is 5.82 Å². The molecule has 4 rings (SSSR count). The third-order valence-corrected chi connectivity index (χ3v) is 5.34. The van der Waals surface area contributed by atoms with Gasteiger partial charge in [0.25, 0.3) is 0 Å². The molecule has 2 aromatic heterocycles. The summed E-state index contributed by atoms with van der Waals surface area (Å²) in [7, 11) is 0. The van der Waals surface area contributed by atoms with Crippen LogP contribution in [0.25, 0.3) is 11.2 Å². The highest BCUT2D eigenvalue weighted by Gasteiger charge is 2.25. The molecule has 1 aliphatic rings. The van der Waals surface area contributed by atoms with E-state index in [1.165, 1.54) is 6.07 Å². The van der Waals surface area contributed by atoms with Gasteiger partial charge in [-0.1, -0.05) is 29.6 Å². The molecule has 1 aliphatic carbocycles. The number of halogens is 3. The summed E-state index contributed by atoms with van der Waals surface area (Å²) < 4.78 is 13.3. The Bertz CT molecular complexity index is 907. The Morgan fingerprint density at radius 3 is 2.73 bits per heavy atom. The molecule has 2 N–H and O–H groups in total. The summed E-state index contributed by atoms with van der Waals surface area (Å²) >= 11 is 12.1. The molecule has 2 unspecified atom stereocenters. The molecular weight excluding hydrogens is 374 g/mol. The number of fused-ring (bicyclic) bond motifs is 1. The van der Waals surface area contributed by atoms with Crippen molar-refractivity contribution in [3.8, 4) is 0 Å². The molecule has 2 atom stereocenters. The quantitative estimate of drug-likeness (QED) is 0.598. The number of H-pyrrole nitrogens is 1. The van der Waals surface area contributed by atoms with Gasteiger partial charge < -0.3 is 10.3 Å². The van der Waals surface area contributed by atoms with E-state index in [1.54, 1.807) is 12.1 Å². The molecule has 0 bridgehead atoms. The fourth-order valence-corrected chi connectivity index (χ4v) is 4.25. The molecule has 1 fully saturated rings. The van der Waals surface area contributed by atoms with Crippen molar-refractivity contribution >= 4 is 34.4 Å². The highest BCUT2D eigenvalue weighted by molar-refractivity contribution is 6.34. The molecule has 7 heteroatoms. The average Bonchev–Trinajstić information content (AvgIpc) is 3.03. The minimum absolute atomic E-state index is 0.321. The van der Waals surface area contributed by atoms with Crippen molar-refractivity contribution in [2.45, 2.75) is 44.2 Å². The van der Waals surface area contributed by atoms with Gasteiger partial charge in [-0.3, -0.25) is 0 Å². The second-order valence-electron chi connectivity index (χ2n) is 6.85. The maximum Gasteiger partial charge on any atom is 0.215 e. The second kappa shape index (κ2) is 7.51. The minimum atomic E-state index is -0.501. The Balaban J connectivity index is 1.43. The van der Waals surface area contributed by atoms with Crippen LogP contribution in [0.4, 0.5) is 4.39 Å². The highest BCUT2D eigenvalue weighted by atomic mass is 35.5. The first-order chi connectivity index (χ1) is 12.6. The molecule has 1 aromatic carbocycles. The third-order valence-electron chi connectivity index (χ3n) is 4.91. The van der Waals surface area contributed by atoms with Crippen molar-refractivity contribution in [1.29, 1.82) is 0 Å². The number of nitrogens with zero attached hydrogens (tertiary/aromatic N) is 2. The minimum Gasteiger partial charge on any atom is -0.340 e.